The first-order valence-corrected chi connectivity index (χ1v) is 9.69. The minimum atomic E-state index is -4.40. The van der Waals surface area contributed by atoms with Gasteiger partial charge in [-0.1, -0.05) is 52.7 Å². The van der Waals surface area contributed by atoms with E-state index in [0.29, 0.717) is 18.3 Å². The van der Waals surface area contributed by atoms with E-state index in [1.807, 2.05) is 6.07 Å². The van der Waals surface area contributed by atoms with Crippen molar-refractivity contribution < 1.29 is 64.4 Å². The van der Waals surface area contributed by atoms with Crippen molar-refractivity contribution in [2.45, 2.75) is 71.1 Å². The maximum Gasteiger partial charge on any atom is 1.00 e. The molecule has 23 heavy (non-hydrogen) atoms. The second-order valence-corrected chi connectivity index (χ2v) is 8.27. The van der Waals surface area contributed by atoms with Gasteiger partial charge in [0.15, 0.2) is 0 Å². The number of benzene rings is 1. The molecule has 0 saturated heterocycles. The van der Waals surface area contributed by atoms with Gasteiger partial charge in [-0.25, -0.2) is 8.42 Å². The van der Waals surface area contributed by atoms with Crippen LogP contribution >= 0.6 is 0 Å². The van der Waals surface area contributed by atoms with Gasteiger partial charge in [-0.15, -0.1) is 0 Å². The zero-order valence-corrected chi connectivity index (χ0v) is 19.2. The fourth-order valence-electron chi connectivity index (χ4n) is 2.75. The number of hydrogen-bond donors (Lipinski definition) is 0. The van der Waals surface area contributed by atoms with E-state index < -0.39 is 10.1 Å². The standard InChI is InChI=1S/C18H30O3S.K/c1-14(2)8-5-10-16-11-7-13-18(22(19,20)21)17(16)12-6-9-15(3)4;/h7,11,13-15H,5-6,8-10,12H2,1-4H3,(H,19,20,21);/q;+1/p-1. The molecular formula is C18H29KO3S. The number of rotatable bonds is 9. The molecule has 0 aromatic heterocycles. The van der Waals surface area contributed by atoms with Gasteiger partial charge in [0.05, 0.1) is 4.90 Å². The third-order valence-electron chi connectivity index (χ3n) is 3.94. The summed E-state index contributed by atoms with van der Waals surface area (Å²) in [5, 5.41) is 0. The average Bonchev–Trinajstić information content (AvgIpc) is 2.38. The molecule has 1 rings (SSSR count). The van der Waals surface area contributed by atoms with Crippen LogP contribution in [0, 0.1) is 11.8 Å². The zero-order valence-electron chi connectivity index (χ0n) is 15.3. The largest absolute Gasteiger partial charge is 1.00 e. The van der Waals surface area contributed by atoms with Crippen molar-refractivity contribution in [3.8, 4) is 0 Å². The van der Waals surface area contributed by atoms with Crippen LogP contribution in [0.5, 0.6) is 0 Å². The molecule has 1 aromatic rings. The van der Waals surface area contributed by atoms with Crippen LogP contribution in [0.15, 0.2) is 23.1 Å². The van der Waals surface area contributed by atoms with E-state index in [1.165, 1.54) is 6.07 Å². The SMILES string of the molecule is CC(C)CCCc1cccc(S(=O)(=O)[O-])c1CCCC(C)C.[K+]. The molecule has 5 heteroatoms. The van der Waals surface area contributed by atoms with E-state index in [2.05, 4.69) is 27.7 Å². The molecule has 0 aliphatic carbocycles. The Morgan fingerprint density at radius 3 is 1.96 bits per heavy atom. The minimum Gasteiger partial charge on any atom is -0.744 e. The summed E-state index contributed by atoms with van der Waals surface area (Å²) < 4.78 is 34.6. The van der Waals surface area contributed by atoms with Gasteiger partial charge < -0.3 is 4.55 Å². The van der Waals surface area contributed by atoms with Crippen LogP contribution < -0.4 is 51.4 Å². The zero-order chi connectivity index (χ0) is 16.8. The Labute approximate surface area is 184 Å². The molecule has 0 spiro atoms. The molecule has 0 N–H and O–H groups in total. The summed E-state index contributed by atoms with van der Waals surface area (Å²) >= 11 is 0. The van der Waals surface area contributed by atoms with Crippen LogP contribution in [-0.4, -0.2) is 13.0 Å². The maximum absolute atomic E-state index is 11.5. The molecule has 0 atom stereocenters. The smallest absolute Gasteiger partial charge is 0.744 e. The first kappa shape index (κ1) is 23.8. The Kier molecular flexibility index (Phi) is 11.8. The Bertz CT molecular complexity index is 566. The Morgan fingerprint density at radius 1 is 0.957 bits per heavy atom. The second-order valence-electron chi connectivity index (χ2n) is 6.92. The van der Waals surface area contributed by atoms with E-state index in [1.54, 1.807) is 6.07 Å². The molecule has 126 valence electrons. The topological polar surface area (TPSA) is 57.2 Å². The van der Waals surface area contributed by atoms with Gasteiger partial charge in [-0.2, -0.15) is 0 Å². The van der Waals surface area contributed by atoms with Crippen molar-refractivity contribution in [1.29, 1.82) is 0 Å². The minimum absolute atomic E-state index is 0. The van der Waals surface area contributed by atoms with Crippen LogP contribution in [0.4, 0.5) is 0 Å². The Hall–Kier alpha value is 0.766. The summed E-state index contributed by atoms with van der Waals surface area (Å²) in [4.78, 5) is -0.0155. The Morgan fingerprint density at radius 2 is 1.48 bits per heavy atom. The normalized spacial score (nSPS) is 11.8. The summed E-state index contributed by atoms with van der Waals surface area (Å²) in [7, 11) is -4.40. The summed E-state index contributed by atoms with van der Waals surface area (Å²) in [6.45, 7) is 8.67. The van der Waals surface area contributed by atoms with E-state index >= 15 is 0 Å². The Balaban J connectivity index is 0.00000484. The van der Waals surface area contributed by atoms with Crippen LogP contribution in [0.3, 0.4) is 0 Å². The van der Waals surface area contributed by atoms with Crippen molar-refractivity contribution in [2.75, 3.05) is 0 Å². The van der Waals surface area contributed by atoms with E-state index in [-0.39, 0.29) is 56.3 Å². The van der Waals surface area contributed by atoms with E-state index in [9.17, 15) is 13.0 Å². The number of hydrogen-bond acceptors (Lipinski definition) is 3. The van der Waals surface area contributed by atoms with E-state index in [4.69, 9.17) is 0 Å². The molecule has 0 heterocycles. The molecule has 0 aliphatic heterocycles. The van der Waals surface area contributed by atoms with Gasteiger partial charge in [-0.3, -0.25) is 0 Å². The van der Waals surface area contributed by atoms with Gasteiger partial charge in [0.2, 0.25) is 0 Å². The van der Waals surface area contributed by atoms with Crippen molar-refractivity contribution in [2.24, 2.45) is 11.8 Å². The monoisotopic (exact) mass is 364 g/mol. The van der Waals surface area contributed by atoms with Crippen LogP contribution in [0.2, 0.25) is 0 Å². The van der Waals surface area contributed by atoms with E-state index in [0.717, 1.165) is 43.2 Å². The van der Waals surface area contributed by atoms with Gasteiger partial charge >= 0.3 is 51.4 Å². The first-order chi connectivity index (χ1) is 10.2. The predicted molar refractivity (Wildman–Crippen MR) is 90.0 cm³/mol. The van der Waals surface area contributed by atoms with Crippen LogP contribution in [-0.2, 0) is 23.0 Å². The first-order valence-electron chi connectivity index (χ1n) is 8.28. The predicted octanol–water partition coefficient (Wildman–Crippen LogP) is 1.55. The van der Waals surface area contributed by atoms with Gasteiger partial charge in [0.1, 0.15) is 10.1 Å². The fourth-order valence-corrected chi connectivity index (χ4v) is 3.53. The molecular weight excluding hydrogens is 335 g/mol. The molecule has 0 saturated carbocycles. The molecule has 1 aromatic carbocycles. The summed E-state index contributed by atoms with van der Waals surface area (Å²) in [6, 6.07) is 5.13. The van der Waals surface area contributed by atoms with Crippen molar-refractivity contribution in [3.63, 3.8) is 0 Å². The second kappa shape index (κ2) is 11.4. The fraction of sp³-hybridized carbons (Fsp3) is 0.667. The summed E-state index contributed by atoms with van der Waals surface area (Å²) in [5.74, 6) is 1.22. The van der Waals surface area contributed by atoms with Gasteiger partial charge in [0, 0.05) is 0 Å². The van der Waals surface area contributed by atoms with Crippen LogP contribution in [0.1, 0.15) is 64.5 Å². The molecule has 0 aliphatic rings. The third kappa shape index (κ3) is 9.14. The van der Waals surface area contributed by atoms with Crippen molar-refractivity contribution in [3.05, 3.63) is 29.3 Å². The summed E-state index contributed by atoms with van der Waals surface area (Å²) in [6.07, 6.45) is 5.61. The van der Waals surface area contributed by atoms with Crippen molar-refractivity contribution >= 4 is 10.1 Å². The van der Waals surface area contributed by atoms with Crippen LogP contribution in [0.25, 0.3) is 0 Å². The average molecular weight is 365 g/mol. The third-order valence-corrected chi connectivity index (χ3v) is 4.86. The molecule has 0 amide bonds. The number of aryl methyl sites for hydroxylation is 1. The van der Waals surface area contributed by atoms with Gasteiger partial charge in [0.25, 0.3) is 0 Å². The molecule has 0 radical (unpaired) electrons. The molecule has 3 nitrogen and oxygen atoms in total. The van der Waals surface area contributed by atoms with Gasteiger partial charge in [-0.05, 0) is 54.7 Å². The molecule has 0 unspecified atom stereocenters. The molecule has 0 bridgehead atoms. The summed E-state index contributed by atoms with van der Waals surface area (Å²) in [5.41, 5.74) is 1.78. The maximum atomic E-state index is 11.5. The molecule has 0 fully saturated rings. The van der Waals surface area contributed by atoms with Crippen molar-refractivity contribution in [1.82, 2.24) is 0 Å². The quantitative estimate of drug-likeness (QED) is 0.493.